The Morgan fingerprint density at radius 3 is 1.48 bits per heavy atom. The van der Waals surface area contributed by atoms with Gasteiger partial charge in [0.05, 0.1) is 38.8 Å². The molecule has 0 bridgehead atoms. The largest absolute Gasteiger partial charge is 0.344 e. The first-order valence-electron chi connectivity index (χ1n) is 23.5. The van der Waals surface area contributed by atoms with Crippen molar-refractivity contribution in [1.82, 2.24) is 19.0 Å². The predicted molar refractivity (Wildman–Crippen MR) is 287 cm³/mol. The standard InChI is InChI=1S/C63H42N6/c1-5-19-41(20-6-1)42-33-35-45(36-34-42)62-64-61(44-23-9-3-10-24-44)65-63(66-62)69-54-31-17-14-28-49(54)51-38-37-50-48-27-13-16-30-53(48)68(59(50)60(51)69)58-47(43-21-7-2-8-22-43)39-40-56-57(58)52-29-15-18-32-55(52)67(56)46-25-11-4-12-26-46/h1-40,62H,(H,64,65,66). The summed E-state index contributed by atoms with van der Waals surface area (Å²) in [5, 5.41) is 10.7. The second-order valence-electron chi connectivity index (χ2n) is 17.8. The van der Waals surface area contributed by atoms with Crippen LogP contribution in [0.4, 0.5) is 0 Å². The first kappa shape index (κ1) is 39.0. The molecule has 0 spiro atoms. The predicted octanol–water partition coefficient (Wildman–Crippen LogP) is 15.3. The van der Waals surface area contributed by atoms with Crippen molar-refractivity contribution in [2.24, 2.45) is 9.98 Å². The molecule has 10 aromatic carbocycles. The van der Waals surface area contributed by atoms with Crippen molar-refractivity contribution in [1.29, 1.82) is 0 Å². The minimum Gasteiger partial charge on any atom is -0.344 e. The lowest BCUT2D eigenvalue weighted by Crippen LogP contribution is -2.35. The van der Waals surface area contributed by atoms with Crippen molar-refractivity contribution in [2.75, 3.05) is 0 Å². The fraction of sp³-hybridized carbons (Fsp3) is 0.0159. The maximum atomic E-state index is 5.60. The maximum Gasteiger partial charge on any atom is 0.234 e. The molecule has 69 heavy (non-hydrogen) atoms. The molecule has 324 valence electrons. The zero-order valence-corrected chi connectivity index (χ0v) is 37.4. The number of hydrogen-bond donors (Lipinski definition) is 1. The van der Waals surface area contributed by atoms with Gasteiger partial charge in [-0.3, -0.25) is 4.57 Å². The number of para-hydroxylation sites is 4. The molecule has 6 nitrogen and oxygen atoms in total. The van der Waals surface area contributed by atoms with Gasteiger partial charge in [0.1, 0.15) is 12.0 Å². The summed E-state index contributed by atoms with van der Waals surface area (Å²) in [6.45, 7) is 0. The summed E-state index contributed by atoms with van der Waals surface area (Å²) < 4.78 is 7.30. The molecule has 0 saturated carbocycles. The second-order valence-corrected chi connectivity index (χ2v) is 17.8. The summed E-state index contributed by atoms with van der Waals surface area (Å²) in [6.07, 6.45) is -0.415. The van der Waals surface area contributed by atoms with Gasteiger partial charge in [-0.2, -0.15) is 4.99 Å². The zero-order valence-electron chi connectivity index (χ0n) is 37.4. The van der Waals surface area contributed by atoms with Crippen molar-refractivity contribution in [3.05, 3.63) is 254 Å². The molecule has 1 atom stereocenters. The summed E-state index contributed by atoms with van der Waals surface area (Å²) in [7, 11) is 0. The topological polar surface area (TPSA) is 51.5 Å². The first-order valence-corrected chi connectivity index (χ1v) is 23.5. The highest BCUT2D eigenvalue weighted by Gasteiger charge is 2.29. The summed E-state index contributed by atoms with van der Waals surface area (Å²) in [5.74, 6) is 1.38. The number of amidine groups is 1. The van der Waals surface area contributed by atoms with Crippen LogP contribution in [0.1, 0.15) is 17.3 Å². The lowest BCUT2D eigenvalue weighted by Gasteiger charge is -2.24. The fourth-order valence-corrected chi connectivity index (χ4v) is 10.9. The van der Waals surface area contributed by atoms with Crippen LogP contribution in [-0.4, -0.2) is 25.5 Å². The average Bonchev–Trinajstić information content (AvgIpc) is 4.07. The van der Waals surface area contributed by atoms with Crippen LogP contribution in [0.3, 0.4) is 0 Å². The molecule has 4 heterocycles. The van der Waals surface area contributed by atoms with Crippen LogP contribution in [0.2, 0.25) is 0 Å². The van der Waals surface area contributed by atoms with Crippen molar-refractivity contribution >= 4 is 77.2 Å². The van der Waals surface area contributed by atoms with Gasteiger partial charge in [0.2, 0.25) is 5.96 Å². The number of rotatable bonds is 6. The molecule has 1 unspecified atom stereocenters. The molecule has 0 radical (unpaired) electrons. The highest BCUT2D eigenvalue weighted by molar-refractivity contribution is 6.28. The highest BCUT2D eigenvalue weighted by Crippen LogP contribution is 2.47. The zero-order chi connectivity index (χ0) is 45.4. The Morgan fingerprint density at radius 2 is 0.841 bits per heavy atom. The Morgan fingerprint density at radius 1 is 0.348 bits per heavy atom. The third kappa shape index (κ3) is 6.12. The van der Waals surface area contributed by atoms with Gasteiger partial charge in [-0.15, -0.1) is 0 Å². The highest BCUT2D eigenvalue weighted by atomic mass is 15.3. The summed E-state index contributed by atoms with van der Waals surface area (Å²) >= 11 is 0. The van der Waals surface area contributed by atoms with E-state index in [1.54, 1.807) is 0 Å². The van der Waals surface area contributed by atoms with Crippen molar-refractivity contribution in [2.45, 2.75) is 6.17 Å². The van der Waals surface area contributed by atoms with E-state index in [-0.39, 0.29) is 0 Å². The smallest absolute Gasteiger partial charge is 0.234 e. The molecule has 6 heteroatoms. The van der Waals surface area contributed by atoms with E-state index >= 15 is 0 Å². The van der Waals surface area contributed by atoms with Gasteiger partial charge in [0.15, 0.2) is 0 Å². The van der Waals surface area contributed by atoms with Crippen LogP contribution in [0.5, 0.6) is 0 Å². The second kappa shape index (κ2) is 15.7. The minimum atomic E-state index is -0.415. The Balaban J connectivity index is 1.12. The SMILES string of the molecule is c1ccc(C2=NC(n3c4ccccc4c4ccc5c6ccccc6n(-c6c(-c7ccccc7)ccc7c6c6ccccc6n7-c6ccccc6)c5c43)=NC(c3ccc(-c4ccccc4)cc3)N2)cc1. The van der Waals surface area contributed by atoms with Gasteiger partial charge >= 0.3 is 0 Å². The van der Waals surface area contributed by atoms with Crippen LogP contribution in [0.25, 0.3) is 99.0 Å². The minimum absolute atomic E-state index is 0.415. The van der Waals surface area contributed by atoms with Crippen molar-refractivity contribution in [3.63, 3.8) is 0 Å². The molecule has 1 aliphatic rings. The van der Waals surface area contributed by atoms with Crippen molar-refractivity contribution in [3.8, 4) is 33.6 Å². The Bertz CT molecular complexity index is 4180. The molecular weight excluding hydrogens is 841 g/mol. The van der Waals surface area contributed by atoms with E-state index in [2.05, 4.69) is 256 Å². The van der Waals surface area contributed by atoms with Crippen LogP contribution >= 0.6 is 0 Å². The van der Waals surface area contributed by atoms with E-state index in [0.29, 0.717) is 5.96 Å². The fourth-order valence-electron chi connectivity index (χ4n) is 10.9. The number of fused-ring (bicyclic) bond motifs is 10. The van der Waals surface area contributed by atoms with Crippen LogP contribution < -0.4 is 5.32 Å². The van der Waals surface area contributed by atoms with Crippen LogP contribution in [-0.2, 0) is 0 Å². The van der Waals surface area contributed by atoms with Gasteiger partial charge in [0, 0.05) is 49.1 Å². The van der Waals surface area contributed by atoms with Gasteiger partial charge < -0.3 is 14.5 Å². The van der Waals surface area contributed by atoms with Crippen LogP contribution in [0, 0.1) is 0 Å². The Hall–Kier alpha value is -9.26. The molecule has 0 aliphatic carbocycles. The molecule has 0 fully saturated rings. The van der Waals surface area contributed by atoms with E-state index in [4.69, 9.17) is 9.98 Å². The molecule has 1 aliphatic heterocycles. The molecule has 14 rings (SSSR count). The molecule has 1 N–H and O–H groups in total. The molecule has 0 saturated heterocycles. The summed E-state index contributed by atoms with van der Waals surface area (Å²) in [4.78, 5) is 11.1. The van der Waals surface area contributed by atoms with Gasteiger partial charge in [0.25, 0.3) is 0 Å². The van der Waals surface area contributed by atoms with Gasteiger partial charge in [-0.05, 0) is 58.7 Å². The Kier molecular flexibility index (Phi) is 8.86. The molecule has 3 aromatic heterocycles. The quantitative estimate of drug-likeness (QED) is 0.178. The van der Waals surface area contributed by atoms with Crippen LogP contribution in [0.15, 0.2) is 253 Å². The van der Waals surface area contributed by atoms with Crippen molar-refractivity contribution < 1.29 is 0 Å². The maximum absolute atomic E-state index is 5.60. The molecule has 0 amide bonds. The monoisotopic (exact) mass is 882 g/mol. The number of aliphatic imine (C=N–C) groups is 2. The normalized spacial score (nSPS) is 13.9. The van der Waals surface area contributed by atoms with Gasteiger partial charge in [-0.25, -0.2) is 4.99 Å². The number of nitrogens with one attached hydrogen (secondary N) is 1. The first-order chi connectivity index (χ1) is 34.3. The van der Waals surface area contributed by atoms with E-state index in [1.807, 2.05) is 6.07 Å². The van der Waals surface area contributed by atoms with E-state index < -0.39 is 6.17 Å². The Labute approximate surface area is 398 Å². The number of hydrogen-bond acceptors (Lipinski definition) is 3. The number of benzene rings is 10. The molecular formula is C63H42N6. The molecule has 13 aromatic rings. The van der Waals surface area contributed by atoms with E-state index in [9.17, 15) is 0 Å². The lowest BCUT2D eigenvalue weighted by atomic mass is 9.99. The lowest BCUT2D eigenvalue weighted by molar-refractivity contribution is 0.668. The third-order valence-electron chi connectivity index (χ3n) is 13.9. The van der Waals surface area contributed by atoms with Gasteiger partial charge in [-0.1, -0.05) is 206 Å². The summed E-state index contributed by atoms with van der Waals surface area (Å²) in [5.41, 5.74) is 15.5. The average molecular weight is 883 g/mol. The number of aromatic nitrogens is 3. The third-order valence-corrected chi connectivity index (χ3v) is 13.9. The summed E-state index contributed by atoms with van der Waals surface area (Å²) in [6, 6.07) is 87.0. The van der Waals surface area contributed by atoms with E-state index in [0.717, 1.165) is 94.3 Å². The number of nitrogens with zero attached hydrogens (tertiary/aromatic N) is 5. The van der Waals surface area contributed by atoms with E-state index in [1.165, 1.54) is 21.7 Å².